The van der Waals surface area contributed by atoms with Crippen LogP contribution in [0.3, 0.4) is 0 Å². The Morgan fingerprint density at radius 3 is 2.57 bits per heavy atom. The molecule has 0 saturated carbocycles. The Morgan fingerprint density at radius 1 is 1.11 bits per heavy atom. The van der Waals surface area contributed by atoms with Crippen LogP contribution in [0.4, 0.5) is 5.13 Å². The summed E-state index contributed by atoms with van der Waals surface area (Å²) in [5, 5.41) is 1.06. The number of hydrogen-bond donors (Lipinski definition) is 0. The lowest BCUT2D eigenvalue weighted by Crippen LogP contribution is -2.47. The Labute approximate surface area is 221 Å². The third kappa shape index (κ3) is 4.73. The Hall–Kier alpha value is -2.01. The maximum absolute atomic E-state index is 14.0. The van der Waals surface area contributed by atoms with E-state index in [4.69, 9.17) is 28.2 Å². The van der Waals surface area contributed by atoms with E-state index in [-0.39, 0.29) is 23.2 Å². The number of anilines is 1. The highest BCUT2D eigenvalue weighted by atomic mass is 35.5. The maximum Gasteiger partial charge on any atom is 0.253 e. The molecule has 0 radical (unpaired) electrons. The molecule has 35 heavy (non-hydrogen) atoms. The van der Waals surface area contributed by atoms with Crippen LogP contribution < -0.4 is 4.90 Å². The number of thiophene rings is 1. The highest BCUT2D eigenvalue weighted by Gasteiger charge is 2.42. The first kappa shape index (κ1) is 24.7. The number of aryl methyl sites for hydroxylation is 1. The monoisotopic (exact) mass is 565 g/mol. The molecule has 182 valence electrons. The highest BCUT2D eigenvalue weighted by molar-refractivity contribution is 7.91. The third-order valence-electron chi connectivity index (χ3n) is 5.97. The van der Waals surface area contributed by atoms with Crippen LogP contribution in [0.25, 0.3) is 10.2 Å². The summed E-state index contributed by atoms with van der Waals surface area (Å²) in [5.74, 6) is -0.301. The largest absolute Gasteiger partial charge is 0.282 e. The fourth-order valence-corrected chi connectivity index (χ4v) is 8.80. The number of carbonyl (C=O) groups is 1. The molecule has 1 fully saturated rings. The minimum absolute atomic E-state index is 0.138. The maximum atomic E-state index is 14.0. The fraction of sp³-hybridized carbons (Fsp3) is 0.250. The molecule has 0 bridgehead atoms. The van der Waals surface area contributed by atoms with Gasteiger partial charge < -0.3 is 0 Å². The van der Waals surface area contributed by atoms with Crippen molar-refractivity contribution in [3.05, 3.63) is 75.1 Å². The van der Waals surface area contributed by atoms with Crippen molar-refractivity contribution in [2.45, 2.75) is 36.6 Å². The van der Waals surface area contributed by atoms with E-state index in [0.29, 0.717) is 27.3 Å². The summed E-state index contributed by atoms with van der Waals surface area (Å²) in [6, 6.07) is 15.5. The Balaban J connectivity index is 1.55. The predicted octanol–water partition coefficient (Wildman–Crippen LogP) is 6.36. The first-order valence-corrected chi connectivity index (χ1v) is 14.8. The number of halogens is 2. The van der Waals surface area contributed by atoms with Crippen molar-refractivity contribution < 1.29 is 13.2 Å². The van der Waals surface area contributed by atoms with Gasteiger partial charge in [0.1, 0.15) is 10.3 Å². The van der Waals surface area contributed by atoms with Crippen molar-refractivity contribution in [2.24, 2.45) is 0 Å². The highest BCUT2D eigenvalue weighted by Crippen LogP contribution is 2.38. The van der Waals surface area contributed by atoms with Crippen LogP contribution in [-0.4, -0.2) is 36.2 Å². The summed E-state index contributed by atoms with van der Waals surface area (Å²) in [5.41, 5.74) is 2.62. The number of aromatic nitrogens is 1. The zero-order chi connectivity index (χ0) is 24.7. The van der Waals surface area contributed by atoms with Crippen LogP contribution in [0.15, 0.2) is 58.8 Å². The average molecular weight is 567 g/mol. The molecule has 1 amide bonds. The number of carbonyl (C=O) groups excluding carboxylic acids is 1. The topological polar surface area (TPSA) is 70.6 Å². The Kier molecular flexibility index (Phi) is 6.91. The minimum Gasteiger partial charge on any atom is -0.282 e. The molecular formula is C24H21Cl2N3O3S3. The molecule has 11 heteroatoms. The molecule has 0 N–H and O–H groups in total. The smallest absolute Gasteiger partial charge is 0.253 e. The lowest BCUT2D eigenvalue weighted by atomic mass is 10.1. The number of rotatable bonds is 6. The number of thiazole rings is 1. The second kappa shape index (κ2) is 9.80. The van der Waals surface area contributed by atoms with Gasteiger partial charge in [0.05, 0.1) is 26.1 Å². The number of benzene rings is 2. The van der Waals surface area contributed by atoms with Crippen LogP contribution >= 0.6 is 45.9 Å². The Morgan fingerprint density at radius 2 is 1.89 bits per heavy atom. The zero-order valence-corrected chi connectivity index (χ0v) is 22.6. The second-order valence-corrected chi connectivity index (χ2v) is 13.5. The predicted molar refractivity (Wildman–Crippen MR) is 143 cm³/mol. The van der Waals surface area contributed by atoms with E-state index in [9.17, 15) is 13.2 Å². The van der Waals surface area contributed by atoms with Gasteiger partial charge in [-0.3, -0.25) is 9.69 Å². The van der Waals surface area contributed by atoms with Gasteiger partial charge >= 0.3 is 0 Å². The summed E-state index contributed by atoms with van der Waals surface area (Å²) in [6.07, 6.45) is 1.03. The normalized spacial score (nSPS) is 16.7. The first-order valence-electron chi connectivity index (χ1n) is 10.9. The minimum atomic E-state index is -3.86. The average Bonchev–Trinajstić information content (AvgIpc) is 3.60. The van der Waals surface area contributed by atoms with Crippen molar-refractivity contribution in [3.8, 4) is 0 Å². The first-order chi connectivity index (χ1) is 16.8. The molecule has 5 rings (SSSR count). The van der Waals surface area contributed by atoms with Gasteiger partial charge in [-0.2, -0.15) is 4.31 Å². The summed E-state index contributed by atoms with van der Waals surface area (Å²) in [6.45, 7) is 2.49. The number of amides is 1. The van der Waals surface area contributed by atoms with Crippen LogP contribution in [0, 0.1) is 6.92 Å². The van der Waals surface area contributed by atoms with Gasteiger partial charge in [0.25, 0.3) is 10.0 Å². The van der Waals surface area contributed by atoms with Crippen LogP contribution in [-0.2, 0) is 21.4 Å². The molecule has 1 aliphatic heterocycles. The van der Waals surface area contributed by atoms with Gasteiger partial charge in [0.2, 0.25) is 5.91 Å². The van der Waals surface area contributed by atoms with Gasteiger partial charge in [0.15, 0.2) is 5.13 Å². The van der Waals surface area contributed by atoms with Crippen molar-refractivity contribution in [1.82, 2.24) is 9.29 Å². The molecule has 0 spiro atoms. The van der Waals surface area contributed by atoms with E-state index in [1.807, 2.05) is 49.4 Å². The van der Waals surface area contributed by atoms with E-state index in [1.165, 1.54) is 21.7 Å². The van der Waals surface area contributed by atoms with Crippen LogP contribution in [0.5, 0.6) is 0 Å². The summed E-state index contributed by atoms with van der Waals surface area (Å²) >= 11 is 14.8. The molecular weight excluding hydrogens is 545 g/mol. The zero-order valence-electron chi connectivity index (χ0n) is 18.6. The molecule has 6 nitrogen and oxygen atoms in total. The van der Waals surface area contributed by atoms with Gasteiger partial charge in [0, 0.05) is 6.54 Å². The SMILES string of the molecule is Cc1ccc(Cl)c2sc(N(Cc3ccccc3)C(=O)C3CCCN3S(=O)(=O)c3ccc(Cl)s3)nc12. The van der Waals surface area contributed by atoms with Gasteiger partial charge in [-0.05, 0) is 49.1 Å². The number of sulfonamides is 1. The number of nitrogens with zero attached hydrogens (tertiary/aromatic N) is 3. The number of hydrogen-bond acceptors (Lipinski definition) is 6. The van der Waals surface area contributed by atoms with Crippen molar-refractivity contribution in [2.75, 3.05) is 11.4 Å². The van der Waals surface area contributed by atoms with Crippen molar-refractivity contribution in [1.29, 1.82) is 0 Å². The van der Waals surface area contributed by atoms with E-state index >= 15 is 0 Å². The molecule has 2 aromatic carbocycles. The van der Waals surface area contributed by atoms with E-state index in [0.717, 1.165) is 32.7 Å². The van der Waals surface area contributed by atoms with E-state index in [2.05, 4.69) is 0 Å². The molecule has 1 aliphatic rings. The lowest BCUT2D eigenvalue weighted by molar-refractivity contribution is -0.121. The molecule has 4 aromatic rings. The Bertz CT molecular complexity index is 1460. The van der Waals surface area contributed by atoms with Crippen molar-refractivity contribution in [3.63, 3.8) is 0 Å². The molecule has 2 aromatic heterocycles. The van der Waals surface area contributed by atoms with E-state index < -0.39 is 16.1 Å². The standard InChI is InChI=1S/C24H21Cl2N3O3S3/c1-15-9-10-17(25)22-21(15)27-24(34-22)28(14-16-6-3-2-4-7-16)23(30)18-8-5-13-29(18)35(31,32)20-12-11-19(26)33-20/h2-4,6-7,9-12,18H,5,8,13-14H2,1H3. The van der Waals surface area contributed by atoms with Gasteiger partial charge in [-0.25, -0.2) is 13.4 Å². The van der Waals surface area contributed by atoms with Crippen LogP contribution in [0.2, 0.25) is 9.36 Å². The van der Waals surface area contributed by atoms with Gasteiger partial charge in [-0.15, -0.1) is 11.3 Å². The van der Waals surface area contributed by atoms with Gasteiger partial charge in [-0.1, -0.05) is 70.9 Å². The fourth-order valence-electron chi connectivity index (χ4n) is 4.22. The van der Waals surface area contributed by atoms with E-state index in [1.54, 1.807) is 11.0 Å². The summed E-state index contributed by atoms with van der Waals surface area (Å²) < 4.78 is 29.4. The lowest BCUT2D eigenvalue weighted by Gasteiger charge is -2.28. The molecule has 3 heterocycles. The quantitative estimate of drug-likeness (QED) is 0.272. The number of fused-ring (bicyclic) bond motifs is 1. The summed E-state index contributed by atoms with van der Waals surface area (Å²) in [4.78, 5) is 20.4. The molecule has 1 unspecified atom stereocenters. The molecule has 0 aliphatic carbocycles. The molecule has 1 atom stereocenters. The van der Waals surface area contributed by atoms with Crippen molar-refractivity contribution >= 4 is 77.2 Å². The second-order valence-electron chi connectivity index (χ2n) is 8.28. The van der Waals surface area contributed by atoms with Crippen LogP contribution in [0.1, 0.15) is 24.0 Å². The third-order valence-corrected chi connectivity index (χ3v) is 11.1. The molecule has 1 saturated heterocycles. The summed E-state index contributed by atoms with van der Waals surface area (Å²) in [7, 11) is -3.86.